The van der Waals surface area contributed by atoms with E-state index in [1.54, 1.807) is 0 Å². The van der Waals surface area contributed by atoms with Gasteiger partial charge in [0.25, 0.3) is 0 Å². The summed E-state index contributed by atoms with van der Waals surface area (Å²) in [6, 6.07) is 5.18. The van der Waals surface area contributed by atoms with Gasteiger partial charge in [-0.15, -0.1) is 0 Å². The molecule has 0 saturated carbocycles. The minimum Gasteiger partial charge on any atom is -0.354 e. The second-order valence-corrected chi connectivity index (χ2v) is 5.81. The van der Waals surface area contributed by atoms with E-state index in [0.29, 0.717) is 6.04 Å². The number of nitrogens with one attached hydrogen (secondary N) is 1. The molecule has 1 N–H and O–H groups in total. The predicted octanol–water partition coefficient (Wildman–Crippen LogP) is 3.52. The summed E-state index contributed by atoms with van der Waals surface area (Å²) in [4.78, 5) is 7.46. The lowest BCUT2D eigenvalue weighted by Gasteiger charge is -2.31. The van der Waals surface area contributed by atoms with Crippen molar-refractivity contribution >= 4 is 5.82 Å². The molecule has 2 heterocycles. The normalized spacial score (nSPS) is 19.9. The van der Waals surface area contributed by atoms with Gasteiger partial charge in [0, 0.05) is 24.8 Å². The fourth-order valence-electron chi connectivity index (χ4n) is 3.17. The lowest BCUT2D eigenvalue weighted by Crippen LogP contribution is -2.35. The molecule has 0 aliphatic carbocycles. The molecule has 1 aliphatic heterocycles. The third-order valence-corrected chi connectivity index (χ3v) is 4.31. The minimum atomic E-state index is 0.666. The Bertz CT molecular complexity index is 417. The van der Waals surface area contributed by atoms with Crippen molar-refractivity contribution in [1.29, 1.82) is 0 Å². The second kappa shape index (κ2) is 7.63. The largest absolute Gasteiger partial charge is 0.354 e. The SMILES string of the molecule is CCc1cc(CNC)cc(N2CCCCCC2CC)n1. The van der Waals surface area contributed by atoms with Gasteiger partial charge in [-0.05, 0) is 50.4 Å². The number of pyridine rings is 1. The summed E-state index contributed by atoms with van der Waals surface area (Å²) in [5.41, 5.74) is 2.57. The van der Waals surface area contributed by atoms with Crippen LogP contribution in [0.15, 0.2) is 12.1 Å². The van der Waals surface area contributed by atoms with Crippen LogP contribution in [-0.2, 0) is 13.0 Å². The molecule has 3 nitrogen and oxygen atoms in total. The van der Waals surface area contributed by atoms with Gasteiger partial charge in [0.15, 0.2) is 0 Å². The van der Waals surface area contributed by atoms with Crippen molar-refractivity contribution in [2.45, 2.75) is 65.0 Å². The van der Waals surface area contributed by atoms with Crippen molar-refractivity contribution in [3.63, 3.8) is 0 Å². The van der Waals surface area contributed by atoms with Crippen LogP contribution in [0.5, 0.6) is 0 Å². The number of rotatable bonds is 5. The Kier molecular flexibility index (Phi) is 5.84. The fraction of sp³-hybridized carbons (Fsp3) is 0.706. The van der Waals surface area contributed by atoms with Crippen LogP contribution in [0.3, 0.4) is 0 Å². The van der Waals surface area contributed by atoms with Gasteiger partial charge in [0.1, 0.15) is 5.82 Å². The van der Waals surface area contributed by atoms with Crippen molar-refractivity contribution in [2.24, 2.45) is 0 Å². The molecule has 0 bridgehead atoms. The number of hydrogen-bond acceptors (Lipinski definition) is 3. The molecule has 20 heavy (non-hydrogen) atoms. The van der Waals surface area contributed by atoms with E-state index in [0.717, 1.165) is 19.5 Å². The van der Waals surface area contributed by atoms with Crippen molar-refractivity contribution in [3.05, 3.63) is 23.4 Å². The molecule has 0 aromatic carbocycles. The first kappa shape index (κ1) is 15.3. The highest BCUT2D eigenvalue weighted by molar-refractivity contribution is 5.44. The van der Waals surface area contributed by atoms with Gasteiger partial charge in [0.05, 0.1) is 0 Å². The summed E-state index contributed by atoms with van der Waals surface area (Å²) in [6.45, 7) is 6.58. The van der Waals surface area contributed by atoms with Gasteiger partial charge in [-0.2, -0.15) is 0 Å². The Hall–Kier alpha value is -1.09. The van der Waals surface area contributed by atoms with Crippen molar-refractivity contribution in [2.75, 3.05) is 18.5 Å². The fourth-order valence-corrected chi connectivity index (χ4v) is 3.17. The lowest BCUT2D eigenvalue weighted by molar-refractivity contribution is 0.551. The minimum absolute atomic E-state index is 0.666. The topological polar surface area (TPSA) is 28.2 Å². The van der Waals surface area contributed by atoms with E-state index in [2.05, 4.69) is 36.2 Å². The number of aromatic nitrogens is 1. The molecule has 1 atom stereocenters. The molecule has 1 fully saturated rings. The maximum atomic E-state index is 4.90. The van der Waals surface area contributed by atoms with E-state index in [4.69, 9.17) is 4.98 Å². The van der Waals surface area contributed by atoms with Crippen molar-refractivity contribution in [3.8, 4) is 0 Å². The summed E-state index contributed by atoms with van der Waals surface area (Å²) in [5, 5.41) is 3.26. The van der Waals surface area contributed by atoms with Crippen LogP contribution in [0.25, 0.3) is 0 Å². The lowest BCUT2D eigenvalue weighted by atomic mass is 10.1. The third kappa shape index (κ3) is 3.72. The van der Waals surface area contributed by atoms with Crippen LogP contribution in [0.1, 0.15) is 57.2 Å². The molecule has 112 valence electrons. The Morgan fingerprint density at radius 3 is 2.80 bits per heavy atom. The van der Waals surface area contributed by atoms with E-state index in [1.807, 2.05) is 7.05 Å². The first-order chi connectivity index (χ1) is 9.78. The molecule has 1 aliphatic rings. The van der Waals surface area contributed by atoms with Crippen LogP contribution in [0, 0.1) is 0 Å². The molecule has 2 rings (SSSR count). The van der Waals surface area contributed by atoms with Crippen molar-refractivity contribution in [1.82, 2.24) is 10.3 Å². The van der Waals surface area contributed by atoms with Gasteiger partial charge in [0.2, 0.25) is 0 Å². The molecule has 1 aromatic heterocycles. The molecule has 1 unspecified atom stereocenters. The van der Waals surface area contributed by atoms with Crippen molar-refractivity contribution < 1.29 is 0 Å². The number of nitrogens with zero attached hydrogens (tertiary/aromatic N) is 2. The van der Waals surface area contributed by atoms with Crippen LogP contribution in [0.4, 0.5) is 5.82 Å². The highest BCUT2D eigenvalue weighted by atomic mass is 15.2. The molecule has 0 amide bonds. The van der Waals surface area contributed by atoms with E-state index in [1.165, 1.54) is 49.2 Å². The molecule has 1 saturated heterocycles. The molecule has 1 aromatic rings. The number of aryl methyl sites for hydroxylation is 1. The van der Waals surface area contributed by atoms with Gasteiger partial charge in [-0.1, -0.05) is 26.7 Å². The Morgan fingerprint density at radius 2 is 2.10 bits per heavy atom. The highest BCUT2D eigenvalue weighted by Crippen LogP contribution is 2.25. The number of anilines is 1. The summed E-state index contributed by atoms with van der Waals surface area (Å²) < 4.78 is 0. The van der Waals surface area contributed by atoms with Gasteiger partial charge in [-0.3, -0.25) is 0 Å². The first-order valence-electron chi connectivity index (χ1n) is 8.19. The first-order valence-corrected chi connectivity index (χ1v) is 8.19. The molecule has 0 radical (unpaired) electrons. The smallest absolute Gasteiger partial charge is 0.129 e. The van der Waals surface area contributed by atoms with E-state index in [9.17, 15) is 0 Å². The summed E-state index contributed by atoms with van der Waals surface area (Å²) in [5.74, 6) is 1.20. The van der Waals surface area contributed by atoms with E-state index < -0.39 is 0 Å². The zero-order chi connectivity index (χ0) is 14.4. The number of hydrogen-bond donors (Lipinski definition) is 1. The predicted molar refractivity (Wildman–Crippen MR) is 86.3 cm³/mol. The third-order valence-electron chi connectivity index (χ3n) is 4.31. The van der Waals surface area contributed by atoms with Crippen LogP contribution < -0.4 is 10.2 Å². The van der Waals surface area contributed by atoms with Crippen LogP contribution >= 0.6 is 0 Å². The van der Waals surface area contributed by atoms with E-state index in [-0.39, 0.29) is 0 Å². The maximum Gasteiger partial charge on any atom is 0.129 e. The Labute approximate surface area is 123 Å². The highest BCUT2D eigenvalue weighted by Gasteiger charge is 2.21. The quantitative estimate of drug-likeness (QED) is 0.891. The van der Waals surface area contributed by atoms with Gasteiger partial charge in [-0.25, -0.2) is 4.98 Å². The standard InChI is InChI=1S/C17H29N3/c1-4-15-11-14(13-18-3)12-17(19-15)20-10-8-6-7-9-16(20)5-2/h11-12,16,18H,4-10,13H2,1-3H3. The zero-order valence-electron chi connectivity index (χ0n) is 13.3. The van der Waals surface area contributed by atoms with Crippen LogP contribution in [-0.4, -0.2) is 24.6 Å². The van der Waals surface area contributed by atoms with E-state index >= 15 is 0 Å². The Balaban J connectivity index is 2.30. The van der Waals surface area contributed by atoms with Gasteiger partial charge >= 0.3 is 0 Å². The molecule has 0 spiro atoms. The zero-order valence-corrected chi connectivity index (χ0v) is 13.3. The average Bonchev–Trinajstić information content (AvgIpc) is 2.72. The second-order valence-electron chi connectivity index (χ2n) is 5.81. The monoisotopic (exact) mass is 275 g/mol. The molecule has 3 heteroatoms. The molecular formula is C17H29N3. The summed E-state index contributed by atoms with van der Waals surface area (Å²) in [7, 11) is 2.01. The summed E-state index contributed by atoms with van der Waals surface area (Å²) in [6.07, 6.45) is 7.58. The van der Waals surface area contributed by atoms with Gasteiger partial charge < -0.3 is 10.2 Å². The molecular weight excluding hydrogens is 246 g/mol. The maximum absolute atomic E-state index is 4.90. The average molecular weight is 275 g/mol. The van der Waals surface area contributed by atoms with Crippen LogP contribution in [0.2, 0.25) is 0 Å². The Morgan fingerprint density at radius 1 is 1.25 bits per heavy atom. The summed E-state index contributed by atoms with van der Waals surface area (Å²) >= 11 is 0.